The van der Waals surface area contributed by atoms with Gasteiger partial charge in [0.2, 0.25) is 0 Å². The van der Waals surface area contributed by atoms with Gasteiger partial charge in [0, 0.05) is 16.9 Å². The van der Waals surface area contributed by atoms with E-state index in [1.54, 1.807) is 16.8 Å². The number of hydrogen-bond acceptors (Lipinski definition) is 4. The molecule has 0 unspecified atom stereocenters. The molecule has 1 N–H and O–H groups in total. The number of nitrogens with one attached hydrogen (secondary N) is 1. The average molecular weight is 369 g/mol. The molecule has 138 valence electrons. The predicted molar refractivity (Wildman–Crippen MR) is 108 cm³/mol. The molecular formula is C22H19N5O. The van der Waals surface area contributed by atoms with Gasteiger partial charge in [-0.15, -0.1) is 10.2 Å². The third kappa shape index (κ3) is 3.53. The molecule has 4 rings (SSSR count). The van der Waals surface area contributed by atoms with Crippen molar-refractivity contribution in [3.63, 3.8) is 0 Å². The maximum Gasteiger partial charge on any atom is 0.276 e. The monoisotopic (exact) mass is 369 g/mol. The number of carbonyl (C=O) groups excluding carboxylic acids is 1. The molecule has 0 spiro atoms. The SMILES string of the molecule is Cc1cc(C)n(-c2ccc(C(=O)Nc3ccccc3-c3ccccc3)nn2)n1. The molecule has 0 saturated heterocycles. The number of anilines is 1. The Morgan fingerprint density at radius 2 is 1.64 bits per heavy atom. The topological polar surface area (TPSA) is 72.7 Å². The fraction of sp³-hybridized carbons (Fsp3) is 0.0909. The lowest BCUT2D eigenvalue weighted by molar-refractivity contribution is 0.102. The van der Waals surface area contributed by atoms with E-state index < -0.39 is 0 Å². The highest BCUT2D eigenvalue weighted by Crippen LogP contribution is 2.27. The molecule has 28 heavy (non-hydrogen) atoms. The molecule has 6 heteroatoms. The summed E-state index contributed by atoms with van der Waals surface area (Å²) in [7, 11) is 0. The van der Waals surface area contributed by atoms with E-state index >= 15 is 0 Å². The van der Waals surface area contributed by atoms with Crippen LogP contribution in [0.1, 0.15) is 21.9 Å². The Balaban J connectivity index is 1.57. The Bertz CT molecular complexity index is 1120. The van der Waals surface area contributed by atoms with E-state index in [2.05, 4.69) is 20.6 Å². The average Bonchev–Trinajstić information content (AvgIpc) is 3.07. The van der Waals surface area contributed by atoms with Gasteiger partial charge in [-0.1, -0.05) is 48.5 Å². The first-order chi connectivity index (χ1) is 13.6. The van der Waals surface area contributed by atoms with Gasteiger partial charge in [-0.25, -0.2) is 4.68 Å². The van der Waals surface area contributed by atoms with Crippen LogP contribution >= 0.6 is 0 Å². The summed E-state index contributed by atoms with van der Waals surface area (Å²) in [4.78, 5) is 12.7. The van der Waals surface area contributed by atoms with Gasteiger partial charge in [-0.2, -0.15) is 5.10 Å². The quantitative estimate of drug-likeness (QED) is 0.585. The molecular weight excluding hydrogens is 350 g/mol. The van der Waals surface area contributed by atoms with Crippen LogP contribution in [-0.4, -0.2) is 25.9 Å². The second-order valence-corrected chi connectivity index (χ2v) is 6.48. The van der Waals surface area contributed by atoms with E-state index in [9.17, 15) is 4.79 Å². The van der Waals surface area contributed by atoms with Gasteiger partial charge in [-0.3, -0.25) is 4.79 Å². The van der Waals surface area contributed by atoms with E-state index in [0.29, 0.717) is 5.82 Å². The van der Waals surface area contributed by atoms with Crippen molar-refractivity contribution in [1.29, 1.82) is 0 Å². The molecule has 2 heterocycles. The minimum absolute atomic E-state index is 0.244. The zero-order valence-corrected chi connectivity index (χ0v) is 15.6. The third-order valence-electron chi connectivity index (χ3n) is 4.37. The van der Waals surface area contributed by atoms with Crippen molar-refractivity contribution in [1.82, 2.24) is 20.0 Å². The van der Waals surface area contributed by atoms with Gasteiger partial charge in [0.1, 0.15) is 0 Å². The van der Waals surface area contributed by atoms with Crippen molar-refractivity contribution < 1.29 is 4.79 Å². The summed E-state index contributed by atoms with van der Waals surface area (Å²) < 4.78 is 1.70. The van der Waals surface area contributed by atoms with Gasteiger partial charge in [0.15, 0.2) is 11.5 Å². The predicted octanol–water partition coefficient (Wildman–Crippen LogP) is 4.20. The van der Waals surface area contributed by atoms with Crippen LogP contribution in [0.3, 0.4) is 0 Å². The van der Waals surface area contributed by atoms with Crippen LogP contribution in [0.5, 0.6) is 0 Å². The highest BCUT2D eigenvalue weighted by molar-refractivity contribution is 6.05. The highest BCUT2D eigenvalue weighted by Gasteiger charge is 2.13. The molecule has 0 saturated carbocycles. The summed E-state index contributed by atoms with van der Waals surface area (Å²) in [6, 6.07) is 23.0. The van der Waals surface area contributed by atoms with Crippen molar-refractivity contribution >= 4 is 11.6 Å². The van der Waals surface area contributed by atoms with Crippen LogP contribution in [0.4, 0.5) is 5.69 Å². The first kappa shape index (κ1) is 17.6. The number of rotatable bonds is 4. The molecule has 0 aliphatic heterocycles. The Morgan fingerprint density at radius 1 is 0.893 bits per heavy atom. The Morgan fingerprint density at radius 3 is 2.32 bits per heavy atom. The Hall–Kier alpha value is -3.80. The Labute approximate surface area is 162 Å². The molecule has 2 aromatic heterocycles. The maximum atomic E-state index is 12.7. The minimum Gasteiger partial charge on any atom is -0.320 e. The number of carbonyl (C=O) groups is 1. The lowest BCUT2D eigenvalue weighted by atomic mass is 10.0. The number of para-hydroxylation sites is 1. The van der Waals surface area contributed by atoms with Crippen molar-refractivity contribution in [2.24, 2.45) is 0 Å². The van der Waals surface area contributed by atoms with E-state index in [-0.39, 0.29) is 11.6 Å². The van der Waals surface area contributed by atoms with E-state index in [0.717, 1.165) is 28.2 Å². The molecule has 0 radical (unpaired) electrons. The maximum absolute atomic E-state index is 12.7. The van der Waals surface area contributed by atoms with Gasteiger partial charge in [0.25, 0.3) is 5.91 Å². The zero-order valence-electron chi connectivity index (χ0n) is 15.6. The van der Waals surface area contributed by atoms with Crippen molar-refractivity contribution in [3.8, 4) is 16.9 Å². The largest absolute Gasteiger partial charge is 0.320 e. The molecule has 0 aliphatic carbocycles. The summed E-state index contributed by atoms with van der Waals surface area (Å²) in [6.07, 6.45) is 0. The smallest absolute Gasteiger partial charge is 0.276 e. The van der Waals surface area contributed by atoms with Gasteiger partial charge < -0.3 is 5.32 Å². The normalized spacial score (nSPS) is 10.6. The highest BCUT2D eigenvalue weighted by atomic mass is 16.1. The van der Waals surface area contributed by atoms with Gasteiger partial charge in [-0.05, 0) is 43.7 Å². The van der Waals surface area contributed by atoms with E-state index in [1.165, 1.54) is 0 Å². The van der Waals surface area contributed by atoms with Crippen LogP contribution < -0.4 is 5.32 Å². The second-order valence-electron chi connectivity index (χ2n) is 6.48. The van der Waals surface area contributed by atoms with Crippen molar-refractivity contribution in [3.05, 3.63) is 89.9 Å². The molecule has 0 bridgehead atoms. The van der Waals surface area contributed by atoms with Crippen LogP contribution in [0.15, 0.2) is 72.8 Å². The summed E-state index contributed by atoms with van der Waals surface area (Å²) in [5.41, 5.74) is 4.81. The molecule has 0 aliphatic rings. The molecule has 2 aromatic carbocycles. The molecule has 0 fully saturated rings. The standard InChI is InChI=1S/C22H19N5O/c1-15-14-16(2)27(26-15)21-13-12-20(24-25-21)22(28)23-19-11-7-6-10-18(19)17-8-4-3-5-9-17/h3-14H,1-2H3,(H,23,28). The number of aryl methyl sites for hydroxylation is 2. The lowest BCUT2D eigenvalue weighted by Gasteiger charge is -2.11. The molecule has 4 aromatic rings. The number of hydrogen-bond donors (Lipinski definition) is 1. The molecule has 6 nitrogen and oxygen atoms in total. The van der Waals surface area contributed by atoms with Crippen molar-refractivity contribution in [2.75, 3.05) is 5.32 Å². The van der Waals surface area contributed by atoms with Crippen LogP contribution in [0.25, 0.3) is 16.9 Å². The molecule has 1 amide bonds. The lowest BCUT2D eigenvalue weighted by Crippen LogP contribution is -2.16. The summed E-state index contributed by atoms with van der Waals surface area (Å²) in [6.45, 7) is 3.87. The third-order valence-corrected chi connectivity index (χ3v) is 4.37. The zero-order chi connectivity index (χ0) is 19.5. The van der Waals surface area contributed by atoms with Crippen LogP contribution in [0.2, 0.25) is 0 Å². The van der Waals surface area contributed by atoms with Crippen LogP contribution in [-0.2, 0) is 0 Å². The first-order valence-corrected chi connectivity index (χ1v) is 8.95. The molecule has 0 atom stereocenters. The number of amides is 1. The Kier molecular flexibility index (Phi) is 4.68. The van der Waals surface area contributed by atoms with Gasteiger partial charge >= 0.3 is 0 Å². The summed E-state index contributed by atoms with van der Waals surface area (Å²) in [5, 5.41) is 15.6. The minimum atomic E-state index is -0.309. The number of aromatic nitrogens is 4. The first-order valence-electron chi connectivity index (χ1n) is 8.95. The van der Waals surface area contributed by atoms with E-state index in [4.69, 9.17) is 0 Å². The van der Waals surface area contributed by atoms with Gasteiger partial charge in [0.05, 0.1) is 5.69 Å². The van der Waals surface area contributed by atoms with Crippen molar-refractivity contribution in [2.45, 2.75) is 13.8 Å². The fourth-order valence-corrected chi connectivity index (χ4v) is 3.07. The number of benzene rings is 2. The fourth-order valence-electron chi connectivity index (χ4n) is 3.07. The second kappa shape index (κ2) is 7.44. The summed E-state index contributed by atoms with van der Waals surface area (Å²) >= 11 is 0. The number of nitrogens with zero attached hydrogens (tertiary/aromatic N) is 4. The summed E-state index contributed by atoms with van der Waals surface area (Å²) in [5.74, 6) is 0.266. The van der Waals surface area contributed by atoms with E-state index in [1.807, 2.05) is 74.5 Å². The van der Waals surface area contributed by atoms with Crippen LogP contribution in [0, 0.1) is 13.8 Å².